The smallest absolute Gasteiger partial charge is 0.132 e. The van der Waals surface area contributed by atoms with Gasteiger partial charge in [-0.25, -0.2) is 8.78 Å². The van der Waals surface area contributed by atoms with Crippen molar-refractivity contribution in [2.24, 2.45) is 0 Å². The molecular formula is C15H12F2O2. The Hall–Kier alpha value is -2.23. The number of aldehydes is 1. The van der Waals surface area contributed by atoms with Crippen LogP contribution >= 0.6 is 0 Å². The summed E-state index contributed by atoms with van der Waals surface area (Å²) in [4.78, 5) is 10.3. The van der Waals surface area contributed by atoms with Crippen molar-refractivity contribution in [1.82, 2.24) is 0 Å². The van der Waals surface area contributed by atoms with Crippen LogP contribution in [-0.4, -0.2) is 6.29 Å². The zero-order chi connectivity index (χ0) is 13.7. The number of ether oxygens (including phenoxy) is 1. The predicted molar refractivity (Wildman–Crippen MR) is 66.9 cm³/mol. The maximum atomic E-state index is 13.4. The third kappa shape index (κ3) is 3.61. The topological polar surface area (TPSA) is 26.3 Å². The van der Waals surface area contributed by atoms with E-state index in [0.29, 0.717) is 17.7 Å². The van der Waals surface area contributed by atoms with E-state index in [2.05, 4.69) is 0 Å². The second-order valence-electron chi connectivity index (χ2n) is 4.04. The van der Waals surface area contributed by atoms with E-state index in [0.717, 1.165) is 17.9 Å². The Morgan fingerprint density at radius 2 is 1.79 bits per heavy atom. The van der Waals surface area contributed by atoms with Gasteiger partial charge < -0.3 is 9.53 Å². The molecule has 0 fully saturated rings. The molecule has 0 saturated heterocycles. The molecule has 2 rings (SSSR count). The first-order valence-corrected chi connectivity index (χ1v) is 5.78. The average Bonchev–Trinajstić information content (AvgIpc) is 2.40. The van der Waals surface area contributed by atoms with Crippen LogP contribution in [0.15, 0.2) is 42.5 Å². The van der Waals surface area contributed by atoms with Crippen molar-refractivity contribution >= 4 is 6.29 Å². The fourth-order valence-electron chi connectivity index (χ4n) is 1.62. The van der Waals surface area contributed by atoms with Gasteiger partial charge in [0, 0.05) is 18.1 Å². The van der Waals surface area contributed by atoms with E-state index in [1.807, 2.05) is 0 Å². The van der Waals surface area contributed by atoms with E-state index in [-0.39, 0.29) is 6.61 Å². The summed E-state index contributed by atoms with van der Waals surface area (Å²) in [6.45, 7) is 0.0269. The van der Waals surface area contributed by atoms with Crippen molar-refractivity contribution in [2.45, 2.75) is 13.0 Å². The minimum absolute atomic E-state index is 0.0269. The van der Waals surface area contributed by atoms with Crippen molar-refractivity contribution in [3.05, 3.63) is 65.2 Å². The molecule has 0 saturated carbocycles. The SMILES string of the molecule is O=CCc1ccc(OCc2ccc(F)cc2F)cc1. The van der Waals surface area contributed by atoms with Crippen molar-refractivity contribution in [3.8, 4) is 5.75 Å². The Bertz CT molecular complexity index is 565. The van der Waals surface area contributed by atoms with Crippen LogP contribution in [-0.2, 0) is 17.8 Å². The third-order valence-corrected chi connectivity index (χ3v) is 2.65. The fourth-order valence-corrected chi connectivity index (χ4v) is 1.62. The summed E-state index contributed by atoms with van der Waals surface area (Å²) in [5.74, 6) is -0.671. The van der Waals surface area contributed by atoms with E-state index in [9.17, 15) is 13.6 Å². The van der Waals surface area contributed by atoms with Crippen molar-refractivity contribution < 1.29 is 18.3 Å². The van der Waals surface area contributed by atoms with Gasteiger partial charge in [-0.1, -0.05) is 12.1 Å². The summed E-state index contributed by atoms with van der Waals surface area (Å²) in [5.41, 5.74) is 1.17. The molecule has 0 aliphatic rings. The van der Waals surface area contributed by atoms with Gasteiger partial charge in [0.15, 0.2) is 0 Å². The number of carbonyl (C=O) groups is 1. The number of carbonyl (C=O) groups excluding carboxylic acids is 1. The molecule has 2 aromatic rings. The monoisotopic (exact) mass is 262 g/mol. The molecule has 0 heterocycles. The van der Waals surface area contributed by atoms with Gasteiger partial charge in [0.25, 0.3) is 0 Å². The van der Waals surface area contributed by atoms with Crippen molar-refractivity contribution in [1.29, 1.82) is 0 Å². The van der Waals surface area contributed by atoms with E-state index in [1.54, 1.807) is 24.3 Å². The second-order valence-corrected chi connectivity index (χ2v) is 4.04. The lowest BCUT2D eigenvalue weighted by Crippen LogP contribution is -1.99. The maximum absolute atomic E-state index is 13.4. The van der Waals surface area contributed by atoms with Crippen LogP contribution in [0.25, 0.3) is 0 Å². The van der Waals surface area contributed by atoms with Crippen molar-refractivity contribution in [3.63, 3.8) is 0 Å². The van der Waals surface area contributed by atoms with Crippen LogP contribution in [0, 0.1) is 11.6 Å². The Balaban J connectivity index is 1.99. The van der Waals surface area contributed by atoms with Crippen LogP contribution in [0.3, 0.4) is 0 Å². The molecule has 0 amide bonds. The highest BCUT2D eigenvalue weighted by Gasteiger charge is 2.04. The molecule has 0 bridgehead atoms. The molecule has 4 heteroatoms. The molecule has 0 aliphatic heterocycles. The average molecular weight is 262 g/mol. The Morgan fingerprint density at radius 3 is 2.42 bits per heavy atom. The van der Waals surface area contributed by atoms with Crippen molar-refractivity contribution in [2.75, 3.05) is 0 Å². The molecule has 0 atom stereocenters. The summed E-state index contributed by atoms with van der Waals surface area (Å²) in [5, 5.41) is 0. The normalized spacial score (nSPS) is 10.2. The fraction of sp³-hybridized carbons (Fsp3) is 0.133. The van der Waals surface area contributed by atoms with Crippen LogP contribution < -0.4 is 4.74 Å². The second kappa shape index (κ2) is 6.09. The van der Waals surface area contributed by atoms with Gasteiger partial charge in [-0.3, -0.25) is 0 Å². The van der Waals surface area contributed by atoms with Gasteiger partial charge in [-0.15, -0.1) is 0 Å². The quantitative estimate of drug-likeness (QED) is 0.773. The zero-order valence-corrected chi connectivity index (χ0v) is 10.1. The van der Waals surface area contributed by atoms with Crippen LogP contribution in [0.2, 0.25) is 0 Å². The summed E-state index contributed by atoms with van der Waals surface area (Å²) < 4.78 is 31.5. The lowest BCUT2D eigenvalue weighted by Gasteiger charge is -2.07. The van der Waals surface area contributed by atoms with Crippen LogP contribution in [0.4, 0.5) is 8.78 Å². The molecule has 0 radical (unpaired) electrons. The number of hydrogen-bond acceptors (Lipinski definition) is 2. The van der Waals surface area contributed by atoms with Crippen LogP contribution in [0.1, 0.15) is 11.1 Å². The Morgan fingerprint density at radius 1 is 1.05 bits per heavy atom. The van der Waals surface area contributed by atoms with E-state index < -0.39 is 11.6 Å². The number of hydrogen-bond donors (Lipinski definition) is 0. The first kappa shape index (κ1) is 13.2. The minimum atomic E-state index is -0.627. The Kier molecular flexibility index (Phi) is 4.23. The summed E-state index contributed by atoms with van der Waals surface area (Å²) in [6, 6.07) is 10.3. The van der Waals surface area contributed by atoms with E-state index in [4.69, 9.17) is 4.74 Å². The highest BCUT2D eigenvalue weighted by molar-refractivity contribution is 5.55. The van der Waals surface area contributed by atoms with Gasteiger partial charge >= 0.3 is 0 Å². The first-order chi connectivity index (χ1) is 9.19. The Labute approximate surface area is 109 Å². The molecule has 0 aliphatic carbocycles. The zero-order valence-electron chi connectivity index (χ0n) is 10.1. The molecule has 98 valence electrons. The van der Waals surface area contributed by atoms with Gasteiger partial charge in [-0.05, 0) is 29.8 Å². The van der Waals surface area contributed by atoms with E-state index in [1.165, 1.54) is 12.1 Å². The predicted octanol–water partition coefficient (Wildman–Crippen LogP) is 3.29. The lowest BCUT2D eigenvalue weighted by atomic mass is 10.1. The molecule has 0 aromatic heterocycles. The number of benzene rings is 2. The number of rotatable bonds is 5. The number of halogens is 2. The largest absolute Gasteiger partial charge is 0.489 e. The highest BCUT2D eigenvalue weighted by atomic mass is 19.1. The highest BCUT2D eigenvalue weighted by Crippen LogP contribution is 2.16. The first-order valence-electron chi connectivity index (χ1n) is 5.78. The van der Waals surface area contributed by atoms with E-state index >= 15 is 0 Å². The molecule has 0 unspecified atom stereocenters. The summed E-state index contributed by atoms with van der Waals surface area (Å²) in [7, 11) is 0. The summed E-state index contributed by atoms with van der Waals surface area (Å²) in [6.07, 6.45) is 1.18. The summed E-state index contributed by atoms with van der Waals surface area (Å²) >= 11 is 0. The van der Waals surface area contributed by atoms with Gasteiger partial charge in [0.05, 0.1) is 0 Å². The molecule has 2 aromatic carbocycles. The lowest BCUT2D eigenvalue weighted by molar-refractivity contribution is -0.107. The molecule has 19 heavy (non-hydrogen) atoms. The van der Waals surface area contributed by atoms with Gasteiger partial charge in [-0.2, -0.15) is 0 Å². The van der Waals surface area contributed by atoms with Gasteiger partial charge in [0.2, 0.25) is 0 Å². The van der Waals surface area contributed by atoms with Crippen LogP contribution in [0.5, 0.6) is 5.75 Å². The van der Waals surface area contributed by atoms with Gasteiger partial charge in [0.1, 0.15) is 30.3 Å². The standard InChI is InChI=1S/C15H12F2O2/c16-13-4-3-12(15(17)9-13)10-19-14-5-1-11(2-6-14)7-8-18/h1-6,8-9H,7,10H2. The molecule has 0 N–H and O–H groups in total. The minimum Gasteiger partial charge on any atom is -0.489 e. The maximum Gasteiger partial charge on any atom is 0.132 e. The molecule has 2 nitrogen and oxygen atoms in total. The molecular weight excluding hydrogens is 250 g/mol. The molecule has 0 spiro atoms. The third-order valence-electron chi connectivity index (χ3n) is 2.65.